The number of hydrogen-bond donors (Lipinski definition) is 0. The first-order chi connectivity index (χ1) is 12.2. The summed E-state index contributed by atoms with van der Waals surface area (Å²) in [6.45, 7) is 3.81. The van der Waals surface area contributed by atoms with E-state index >= 15 is 0 Å². The molecule has 0 aromatic carbocycles. The van der Waals surface area contributed by atoms with Crippen molar-refractivity contribution in [2.45, 2.75) is 37.5 Å². The lowest BCUT2D eigenvalue weighted by molar-refractivity contribution is -0.0533. The summed E-state index contributed by atoms with van der Waals surface area (Å²) in [4.78, 5) is 17.6. The summed E-state index contributed by atoms with van der Waals surface area (Å²) in [7, 11) is 2.07. The maximum Gasteiger partial charge on any atom is 0.225 e. The molecular formula is C19H25N5O. The second kappa shape index (κ2) is 7.06. The van der Waals surface area contributed by atoms with Gasteiger partial charge in [-0.15, -0.1) is 0 Å². The molecular weight excluding hydrogens is 314 g/mol. The van der Waals surface area contributed by atoms with Crippen molar-refractivity contribution in [1.82, 2.24) is 19.9 Å². The van der Waals surface area contributed by atoms with E-state index in [1.54, 1.807) is 12.4 Å². The highest BCUT2D eigenvalue weighted by Gasteiger charge is 2.44. The van der Waals surface area contributed by atoms with Crippen LogP contribution >= 0.6 is 0 Å². The van der Waals surface area contributed by atoms with Gasteiger partial charge in [-0.2, -0.15) is 0 Å². The molecule has 0 amide bonds. The molecule has 0 saturated carbocycles. The molecule has 2 fully saturated rings. The van der Waals surface area contributed by atoms with Gasteiger partial charge < -0.3 is 9.64 Å². The van der Waals surface area contributed by atoms with Crippen LogP contribution in [0.25, 0.3) is 0 Å². The minimum absolute atomic E-state index is 0.0336. The molecule has 0 bridgehead atoms. The van der Waals surface area contributed by atoms with Crippen LogP contribution in [0.15, 0.2) is 43.0 Å². The number of hydrogen-bond acceptors (Lipinski definition) is 6. The van der Waals surface area contributed by atoms with Crippen LogP contribution in [-0.2, 0) is 11.3 Å². The third kappa shape index (κ3) is 3.65. The van der Waals surface area contributed by atoms with Gasteiger partial charge in [0.05, 0.1) is 18.2 Å². The molecule has 2 aromatic rings. The van der Waals surface area contributed by atoms with E-state index in [-0.39, 0.29) is 5.60 Å². The maximum atomic E-state index is 6.35. The third-order valence-electron chi connectivity index (χ3n) is 5.35. The Kier molecular flexibility index (Phi) is 4.63. The Balaban J connectivity index is 1.40. The zero-order valence-electron chi connectivity index (χ0n) is 14.7. The van der Waals surface area contributed by atoms with Gasteiger partial charge in [-0.3, -0.25) is 9.88 Å². The fourth-order valence-electron chi connectivity index (χ4n) is 4.07. The second-order valence-corrected chi connectivity index (χ2v) is 7.19. The molecule has 6 nitrogen and oxygen atoms in total. The van der Waals surface area contributed by atoms with Crippen molar-refractivity contribution in [3.05, 3.63) is 48.5 Å². The molecule has 132 valence electrons. The van der Waals surface area contributed by atoms with Crippen molar-refractivity contribution in [3.8, 4) is 0 Å². The largest absolute Gasteiger partial charge is 0.371 e. The van der Waals surface area contributed by atoms with Crippen LogP contribution in [0.2, 0.25) is 0 Å². The summed E-state index contributed by atoms with van der Waals surface area (Å²) < 4.78 is 6.35. The van der Waals surface area contributed by atoms with Gasteiger partial charge in [-0.1, -0.05) is 6.07 Å². The van der Waals surface area contributed by atoms with Crippen LogP contribution in [0.3, 0.4) is 0 Å². The lowest BCUT2D eigenvalue weighted by Gasteiger charge is -2.40. The van der Waals surface area contributed by atoms with E-state index in [0.29, 0.717) is 6.04 Å². The fourth-order valence-corrected chi connectivity index (χ4v) is 4.07. The van der Waals surface area contributed by atoms with Crippen LogP contribution in [0.4, 0.5) is 5.95 Å². The molecule has 0 N–H and O–H groups in total. The Bertz CT molecular complexity index is 683. The van der Waals surface area contributed by atoms with Crippen molar-refractivity contribution in [2.24, 2.45) is 0 Å². The van der Waals surface area contributed by atoms with E-state index in [2.05, 4.69) is 37.9 Å². The van der Waals surface area contributed by atoms with Crippen molar-refractivity contribution in [2.75, 3.05) is 31.6 Å². The minimum Gasteiger partial charge on any atom is -0.371 e. The molecule has 1 spiro atoms. The first-order valence-electron chi connectivity index (χ1n) is 8.99. The molecule has 25 heavy (non-hydrogen) atoms. The topological polar surface area (TPSA) is 54.4 Å². The minimum atomic E-state index is -0.0336. The zero-order chi connectivity index (χ0) is 17.1. The third-order valence-corrected chi connectivity index (χ3v) is 5.35. The molecule has 0 radical (unpaired) electrons. The molecule has 4 rings (SSSR count). The number of aromatic nitrogens is 3. The molecule has 2 aliphatic heterocycles. The van der Waals surface area contributed by atoms with Gasteiger partial charge in [0.15, 0.2) is 0 Å². The highest BCUT2D eigenvalue weighted by Crippen LogP contribution is 2.37. The van der Waals surface area contributed by atoms with Crippen LogP contribution < -0.4 is 4.90 Å². The SMILES string of the molecule is CN(c1ncccn1)[C@H]1CO[C@@]2(CCCN(Cc3cccnc3)C2)C1. The molecule has 2 aliphatic rings. The average molecular weight is 339 g/mol. The van der Waals surface area contributed by atoms with Gasteiger partial charge >= 0.3 is 0 Å². The van der Waals surface area contributed by atoms with E-state index in [4.69, 9.17) is 4.74 Å². The summed E-state index contributed by atoms with van der Waals surface area (Å²) in [5.41, 5.74) is 1.23. The summed E-state index contributed by atoms with van der Waals surface area (Å²) >= 11 is 0. The summed E-state index contributed by atoms with van der Waals surface area (Å²) in [5.74, 6) is 0.774. The normalized spacial score (nSPS) is 26.8. The quantitative estimate of drug-likeness (QED) is 0.851. The highest BCUT2D eigenvalue weighted by molar-refractivity contribution is 5.30. The van der Waals surface area contributed by atoms with E-state index in [1.165, 1.54) is 12.0 Å². The highest BCUT2D eigenvalue weighted by atomic mass is 16.5. The molecule has 2 saturated heterocycles. The molecule has 2 atom stereocenters. The Morgan fingerprint density at radius 1 is 1.28 bits per heavy atom. The zero-order valence-corrected chi connectivity index (χ0v) is 14.7. The molecule has 6 heteroatoms. The Morgan fingerprint density at radius 2 is 2.16 bits per heavy atom. The average Bonchev–Trinajstić information content (AvgIpc) is 3.06. The summed E-state index contributed by atoms with van der Waals surface area (Å²) in [6.07, 6.45) is 10.7. The molecule has 4 heterocycles. The Labute approximate surface area is 148 Å². The van der Waals surface area contributed by atoms with Crippen molar-refractivity contribution < 1.29 is 4.74 Å². The monoisotopic (exact) mass is 339 g/mol. The number of pyridine rings is 1. The van der Waals surface area contributed by atoms with Crippen LogP contribution in [-0.4, -0.2) is 58.2 Å². The predicted molar refractivity (Wildman–Crippen MR) is 96.3 cm³/mol. The summed E-state index contributed by atoms with van der Waals surface area (Å²) in [6, 6.07) is 6.33. The van der Waals surface area contributed by atoms with Gasteiger partial charge in [-0.25, -0.2) is 9.97 Å². The Hall–Kier alpha value is -2.05. The lowest BCUT2D eigenvalue weighted by Crippen LogP contribution is -2.48. The number of anilines is 1. The Morgan fingerprint density at radius 3 is 2.96 bits per heavy atom. The standard InChI is InChI=1S/C19H25N5O/c1-23(18-21-8-4-9-22-18)17-11-19(25-14-17)6-3-10-24(15-19)13-16-5-2-7-20-12-16/h2,4-5,7-9,12,17H,3,6,10-11,13-15H2,1H3/t17-,19+/m1/s1. The fraction of sp³-hybridized carbons (Fsp3) is 0.526. The van der Waals surface area contributed by atoms with Gasteiger partial charge in [0, 0.05) is 51.3 Å². The van der Waals surface area contributed by atoms with Crippen molar-refractivity contribution in [1.29, 1.82) is 0 Å². The second-order valence-electron chi connectivity index (χ2n) is 7.19. The van der Waals surface area contributed by atoms with E-state index in [9.17, 15) is 0 Å². The van der Waals surface area contributed by atoms with Gasteiger partial charge in [0.1, 0.15) is 0 Å². The summed E-state index contributed by atoms with van der Waals surface area (Å²) in [5, 5.41) is 0. The predicted octanol–water partition coefficient (Wildman–Crippen LogP) is 2.13. The molecule has 0 aliphatic carbocycles. The first kappa shape index (κ1) is 16.4. The first-order valence-corrected chi connectivity index (χ1v) is 8.99. The van der Waals surface area contributed by atoms with E-state index in [0.717, 1.165) is 45.0 Å². The number of likely N-dealkylation sites (tertiary alicyclic amines) is 1. The van der Waals surface area contributed by atoms with Crippen molar-refractivity contribution in [3.63, 3.8) is 0 Å². The maximum absolute atomic E-state index is 6.35. The van der Waals surface area contributed by atoms with Gasteiger partial charge in [0.25, 0.3) is 0 Å². The van der Waals surface area contributed by atoms with E-state index < -0.39 is 0 Å². The van der Waals surface area contributed by atoms with Gasteiger partial charge in [-0.05, 0) is 37.1 Å². The molecule has 0 unspecified atom stereocenters. The van der Waals surface area contributed by atoms with E-state index in [1.807, 2.05) is 24.5 Å². The number of rotatable bonds is 4. The van der Waals surface area contributed by atoms with Crippen molar-refractivity contribution >= 4 is 5.95 Å². The number of ether oxygens (including phenoxy) is 1. The lowest BCUT2D eigenvalue weighted by atomic mass is 9.88. The smallest absolute Gasteiger partial charge is 0.225 e. The van der Waals surface area contributed by atoms with Crippen LogP contribution in [0.5, 0.6) is 0 Å². The van der Waals surface area contributed by atoms with Crippen LogP contribution in [0, 0.1) is 0 Å². The molecule has 2 aromatic heterocycles. The van der Waals surface area contributed by atoms with Gasteiger partial charge in [0.2, 0.25) is 5.95 Å². The number of piperidine rings is 1. The number of likely N-dealkylation sites (N-methyl/N-ethyl adjacent to an activating group) is 1. The number of nitrogens with zero attached hydrogens (tertiary/aromatic N) is 5. The van der Waals surface area contributed by atoms with Crippen LogP contribution in [0.1, 0.15) is 24.8 Å².